The summed E-state index contributed by atoms with van der Waals surface area (Å²) in [6.07, 6.45) is 0. The molecule has 9 heteroatoms. The highest BCUT2D eigenvalue weighted by molar-refractivity contribution is 7.89. The van der Waals surface area contributed by atoms with Crippen molar-refractivity contribution >= 4 is 15.7 Å². The standard InChI is InChI=1S/C26H28FN3O4S/c1-19-15-22(8-9-23(19)27)35(31,32)28-17-24(20-7-10-25-26(16-20)34-18-33-25)30-13-11-29(12-14-30)21-5-3-2-4-6-21/h2-10,15-16,24,28H,11-14,17-18H2,1H3. The van der Waals surface area contributed by atoms with Gasteiger partial charge in [0.25, 0.3) is 0 Å². The molecule has 3 aromatic carbocycles. The van der Waals surface area contributed by atoms with Gasteiger partial charge in [0.15, 0.2) is 11.5 Å². The van der Waals surface area contributed by atoms with Crippen molar-refractivity contribution in [2.75, 3.05) is 44.4 Å². The Bertz CT molecular complexity index is 1300. The van der Waals surface area contributed by atoms with Gasteiger partial charge in [0.2, 0.25) is 16.8 Å². The summed E-state index contributed by atoms with van der Waals surface area (Å²) in [7, 11) is -3.82. The zero-order valence-corrected chi connectivity index (χ0v) is 20.3. The minimum Gasteiger partial charge on any atom is -0.454 e. The predicted octanol–water partition coefficient (Wildman–Crippen LogP) is 3.70. The van der Waals surface area contributed by atoms with Crippen molar-refractivity contribution in [1.82, 2.24) is 9.62 Å². The number of hydrogen-bond donors (Lipinski definition) is 1. The van der Waals surface area contributed by atoms with Crippen LogP contribution in [0.5, 0.6) is 11.5 Å². The Kier molecular flexibility index (Phi) is 6.64. The van der Waals surface area contributed by atoms with Crippen LogP contribution in [0.2, 0.25) is 0 Å². The van der Waals surface area contributed by atoms with E-state index in [0.717, 1.165) is 31.7 Å². The number of nitrogens with zero attached hydrogens (tertiary/aromatic N) is 2. The first kappa shape index (κ1) is 23.6. The fourth-order valence-electron chi connectivity index (χ4n) is 4.57. The van der Waals surface area contributed by atoms with Gasteiger partial charge < -0.3 is 14.4 Å². The average molecular weight is 498 g/mol. The van der Waals surface area contributed by atoms with Crippen molar-refractivity contribution in [3.8, 4) is 11.5 Å². The number of anilines is 1. The fourth-order valence-corrected chi connectivity index (χ4v) is 5.69. The van der Waals surface area contributed by atoms with Gasteiger partial charge in [-0.2, -0.15) is 0 Å². The summed E-state index contributed by atoms with van der Waals surface area (Å²) < 4.78 is 53.5. The van der Waals surface area contributed by atoms with Crippen molar-refractivity contribution in [3.63, 3.8) is 0 Å². The quantitative estimate of drug-likeness (QED) is 0.537. The minimum absolute atomic E-state index is 0.0507. The second kappa shape index (κ2) is 9.85. The molecule has 184 valence electrons. The molecule has 3 aromatic rings. The average Bonchev–Trinajstić information content (AvgIpc) is 3.35. The fraction of sp³-hybridized carbons (Fsp3) is 0.308. The summed E-state index contributed by atoms with van der Waals surface area (Å²) in [6.45, 7) is 5.09. The maximum atomic E-state index is 13.7. The summed E-state index contributed by atoms with van der Waals surface area (Å²) in [5.74, 6) is 0.912. The van der Waals surface area contributed by atoms with Gasteiger partial charge in [0.1, 0.15) is 5.82 Å². The molecule has 0 aliphatic carbocycles. The number of benzene rings is 3. The molecule has 0 bridgehead atoms. The third-order valence-corrected chi connectivity index (χ3v) is 7.99. The number of halogens is 1. The number of hydrogen-bond acceptors (Lipinski definition) is 6. The van der Waals surface area contributed by atoms with Gasteiger partial charge in [0.05, 0.1) is 4.90 Å². The highest BCUT2D eigenvalue weighted by atomic mass is 32.2. The largest absolute Gasteiger partial charge is 0.454 e. The molecule has 2 heterocycles. The minimum atomic E-state index is -3.82. The van der Waals surface area contributed by atoms with E-state index in [-0.39, 0.29) is 29.8 Å². The van der Waals surface area contributed by atoms with Crippen molar-refractivity contribution in [1.29, 1.82) is 0 Å². The Morgan fingerprint density at radius 1 is 0.943 bits per heavy atom. The molecule has 1 atom stereocenters. The number of para-hydroxylation sites is 1. The van der Waals surface area contributed by atoms with Crippen LogP contribution in [0.3, 0.4) is 0 Å². The second-order valence-corrected chi connectivity index (χ2v) is 10.5. The Hall–Kier alpha value is -3.14. The van der Waals surface area contributed by atoms with Gasteiger partial charge in [-0.05, 0) is 60.5 Å². The molecule has 0 amide bonds. The number of piperazine rings is 1. The van der Waals surface area contributed by atoms with Crippen LogP contribution in [0.15, 0.2) is 71.6 Å². The third-order valence-electron chi connectivity index (χ3n) is 6.56. The lowest BCUT2D eigenvalue weighted by Gasteiger charge is -2.40. The molecule has 2 aliphatic heterocycles. The molecule has 1 unspecified atom stereocenters. The second-order valence-electron chi connectivity index (χ2n) is 8.75. The zero-order valence-electron chi connectivity index (χ0n) is 19.5. The summed E-state index contributed by atoms with van der Waals surface area (Å²) in [5.41, 5.74) is 2.41. The molecule has 35 heavy (non-hydrogen) atoms. The highest BCUT2D eigenvalue weighted by Crippen LogP contribution is 2.36. The van der Waals surface area contributed by atoms with Crippen molar-refractivity contribution in [2.24, 2.45) is 0 Å². The van der Waals surface area contributed by atoms with E-state index in [1.54, 1.807) is 6.92 Å². The van der Waals surface area contributed by atoms with Gasteiger partial charge in [0, 0.05) is 44.5 Å². The number of rotatable bonds is 7. The Labute approximate surface area is 205 Å². The first-order valence-corrected chi connectivity index (χ1v) is 13.1. The number of fused-ring (bicyclic) bond motifs is 1. The van der Waals surface area contributed by atoms with Crippen LogP contribution in [-0.2, 0) is 10.0 Å². The van der Waals surface area contributed by atoms with Crippen LogP contribution in [0, 0.1) is 12.7 Å². The predicted molar refractivity (Wildman–Crippen MR) is 132 cm³/mol. The summed E-state index contributed by atoms with van der Waals surface area (Å²) in [6, 6.07) is 19.6. The van der Waals surface area contributed by atoms with E-state index >= 15 is 0 Å². The molecular weight excluding hydrogens is 469 g/mol. The lowest BCUT2D eigenvalue weighted by atomic mass is 10.0. The monoisotopic (exact) mass is 497 g/mol. The van der Waals surface area contributed by atoms with E-state index in [1.807, 2.05) is 36.4 Å². The number of aryl methyl sites for hydroxylation is 1. The molecule has 0 radical (unpaired) electrons. The van der Waals surface area contributed by atoms with Gasteiger partial charge in [-0.25, -0.2) is 17.5 Å². The molecule has 7 nitrogen and oxygen atoms in total. The Balaban J connectivity index is 1.36. The van der Waals surface area contributed by atoms with Gasteiger partial charge in [-0.15, -0.1) is 0 Å². The molecule has 1 saturated heterocycles. The molecular formula is C26H28FN3O4S. The van der Waals surface area contributed by atoms with E-state index in [9.17, 15) is 12.8 Å². The molecule has 0 aromatic heterocycles. The van der Waals surface area contributed by atoms with Crippen LogP contribution < -0.4 is 19.1 Å². The summed E-state index contributed by atoms with van der Waals surface area (Å²) >= 11 is 0. The van der Waals surface area contributed by atoms with Crippen LogP contribution in [0.4, 0.5) is 10.1 Å². The summed E-state index contributed by atoms with van der Waals surface area (Å²) in [4.78, 5) is 4.67. The molecule has 0 saturated carbocycles. The van der Waals surface area contributed by atoms with E-state index in [2.05, 4.69) is 26.7 Å². The van der Waals surface area contributed by atoms with Gasteiger partial charge in [-0.1, -0.05) is 24.3 Å². The number of nitrogens with one attached hydrogen (secondary N) is 1. The molecule has 2 aliphatic rings. The van der Waals surface area contributed by atoms with Gasteiger partial charge >= 0.3 is 0 Å². The molecule has 5 rings (SSSR count). The molecule has 1 fully saturated rings. The lowest BCUT2D eigenvalue weighted by molar-refractivity contribution is 0.173. The van der Waals surface area contributed by atoms with Crippen LogP contribution >= 0.6 is 0 Å². The maximum absolute atomic E-state index is 13.7. The van der Waals surface area contributed by atoms with Crippen molar-refractivity contribution < 1.29 is 22.3 Å². The highest BCUT2D eigenvalue weighted by Gasteiger charge is 2.28. The van der Waals surface area contributed by atoms with Crippen molar-refractivity contribution in [2.45, 2.75) is 17.9 Å². The van der Waals surface area contributed by atoms with E-state index < -0.39 is 15.8 Å². The first-order chi connectivity index (χ1) is 16.9. The van der Waals surface area contributed by atoms with E-state index in [0.29, 0.717) is 11.5 Å². The summed E-state index contributed by atoms with van der Waals surface area (Å²) in [5, 5.41) is 0. The Morgan fingerprint density at radius 2 is 1.69 bits per heavy atom. The van der Waals surface area contributed by atoms with E-state index in [4.69, 9.17) is 9.47 Å². The van der Waals surface area contributed by atoms with Crippen molar-refractivity contribution in [3.05, 3.63) is 83.7 Å². The first-order valence-electron chi connectivity index (χ1n) is 11.6. The van der Waals surface area contributed by atoms with Crippen LogP contribution in [0.1, 0.15) is 17.2 Å². The number of ether oxygens (including phenoxy) is 2. The van der Waals surface area contributed by atoms with Gasteiger partial charge in [-0.3, -0.25) is 4.90 Å². The molecule has 0 spiro atoms. The topological polar surface area (TPSA) is 71.1 Å². The smallest absolute Gasteiger partial charge is 0.240 e. The van der Waals surface area contributed by atoms with Crippen LogP contribution in [-0.4, -0.2) is 52.8 Å². The van der Waals surface area contributed by atoms with E-state index in [1.165, 1.54) is 23.9 Å². The maximum Gasteiger partial charge on any atom is 0.240 e. The lowest BCUT2D eigenvalue weighted by Crippen LogP contribution is -2.49. The normalized spacial score (nSPS) is 16.9. The molecule has 1 N–H and O–H groups in total. The third kappa shape index (κ3) is 5.12. The van der Waals surface area contributed by atoms with Crippen LogP contribution in [0.25, 0.3) is 0 Å². The Morgan fingerprint density at radius 3 is 2.43 bits per heavy atom. The number of sulfonamides is 1. The zero-order chi connectivity index (χ0) is 24.4. The SMILES string of the molecule is Cc1cc(S(=O)(=O)NCC(c2ccc3c(c2)OCO3)N2CCN(c3ccccc3)CC2)ccc1F.